The van der Waals surface area contributed by atoms with Gasteiger partial charge in [-0.2, -0.15) is 0 Å². The van der Waals surface area contributed by atoms with Crippen LogP contribution in [0.25, 0.3) is 10.9 Å². The predicted octanol–water partition coefficient (Wildman–Crippen LogP) is 4.55. The lowest BCUT2D eigenvalue weighted by molar-refractivity contribution is -0.131. The van der Waals surface area contributed by atoms with Crippen LogP contribution in [0.3, 0.4) is 0 Å². The van der Waals surface area contributed by atoms with Crippen LogP contribution in [0.1, 0.15) is 36.8 Å². The molecule has 2 heterocycles. The van der Waals surface area contributed by atoms with Gasteiger partial charge in [0.05, 0.1) is 6.04 Å². The van der Waals surface area contributed by atoms with E-state index in [2.05, 4.69) is 40.8 Å². The van der Waals surface area contributed by atoms with Crippen molar-refractivity contribution < 1.29 is 4.79 Å². The smallest absolute Gasteiger partial charge is 0.239 e. The third kappa shape index (κ3) is 3.80. The standard InChI is InChI=1S/C23H26ClN3O/c1-16(23(28)27-12-6-7-13-27)25-14-19(17-8-2-4-10-21(17)24)20-15-26-22-11-5-3-9-18(20)22/h2-5,8-11,15-16,19,25-26H,6-7,12-14H2,1H3. The van der Waals surface area contributed by atoms with Crippen LogP contribution in [0.2, 0.25) is 5.02 Å². The Morgan fingerprint density at radius 3 is 2.61 bits per heavy atom. The van der Waals surface area contributed by atoms with E-state index in [1.54, 1.807) is 0 Å². The lowest BCUT2D eigenvalue weighted by Gasteiger charge is -2.24. The van der Waals surface area contributed by atoms with E-state index in [4.69, 9.17) is 11.6 Å². The number of benzene rings is 2. The Bertz CT molecular complexity index is 961. The SMILES string of the molecule is CC(NCC(c1ccccc1Cl)c1c[nH]c2ccccc12)C(=O)N1CCCC1. The molecule has 3 aromatic rings. The summed E-state index contributed by atoms with van der Waals surface area (Å²) >= 11 is 6.56. The van der Waals surface area contributed by atoms with Gasteiger partial charge in [0, 0.05) is 47.7 Å². The first kappa shape index (κ1) is 19.0. The summed E-state index contributed by atoms with van der Waals surface area (Å²) in [6.07, 6.45) is 4.28. The van der Waals surface area contributed by atoms with Gasteiger partial charge in [-0.3, -0.25) is 4.79 Å². The van der Waals surface area contributed by atoms with Crippen molar-refractivity contribution in [3.63, 3.8) is 0 Å². The molecule has 1 amide bonds. The second-order valence-electron chi connectivity index (χ2n) is 7.53. The van der Waals surface area contributed by atoms with Crippen LogP contribution in [0, 0.1) is 0 Å². The number of nitrogens with one attached hydrogen (secondary N) is 2. The maximum atomic E-state index is 12.7. The molecule has 0 aliphatic carbocycles. The van der Waals surface area contributed by atoms with Crippen LogP contribution in [0.5, 0.6) is 0 Å². The van der Waals surface area contributed by atoms with Crippen molar-refractivity contribution in [3.8, 4) is 0 Å². The Balaban J connectivity index is 1.60. The molecule has 2 aromatic carbocycles. The van der Waals surface area contributed by atoms with Gasteiger partial charge in [-0.25, -0.2) is 0 Å². The molecule has 28 heavy (non-hydrogen) atoms. The Morgan fingerprint density at radius 2 is 1.82 bits per heavy atom. The average Bonchev–Trinajstić information content (AvgIpc) is 3.39. The molecule has 0 spiro atoms. The number of hydrogen-bond donors (Lipinski definition) is 2. The van der Waals surface area contributed by atoms with Crippen molar-refractivity contribution in [1.82, 2.24) is 15.2 Å². The van der Waals surface area contributed by atoms with E-state index in [0.29, 0.717) is 6.54 Å². The maximum Gasteiger partial charge on any atom is 0.239 e. The number of carbonyl (C=O) groups is 1. The predicted molar refractivity (Wildman–Crippen MR) is 115 cm³/mol. The number of hydrogen-bond acceptors (Lipinski definition) is 2. The quantitative estimate of drug-likeness (QED) is 0.643. The third-order valence-electron chi connectivity index (χ3n) is 5.69. The summed E-state index contributed by atoms with van der Waals surface area (Å²) in [4.78, 5) is 18.0. The Morgan fingerprint density at radius 1 is 1.11 bits per heavy atom. The summed E-state index contributed by atoms with van der Waals surface area (Å²) in [6, 6.07) is 16.0. The lowest BCUT2D eigenvalue weighted by atomic mass is 9.90. The topological polar surface area (TPSA) is 48.1 Å². The summed E-state index contributed by atoms with van der Waals surface area (Å²) in [5.41, 5.74) is 3.37. The highest BCUT2D eigenvalue weighted by Gasteiger charge is 2.25. The summed E-state index contributed by atoms with van der Waals surface area (Å²) in [7, 11) is 0. The molecule has 4 rings (SSSR count). The molecular weight excluding hydrogens is 370 g/mol. The first-order valence-corrected chi connectivity index (χ1v) is 10.4. The molecule has 5 heteroatoms. The molecule has 1 aliphatic rings. The van der Waals surface area contributed by atoms with Gasteiger partial charge >= 0.3 is 0 Å². The van der Waals surface area contributed by atoms with Crippen molar-refractivity contribution in [2.24, 2.45) is 0 Å². The molecule has 2 N–H and O–H groups in total. The molecule has 1 saturated heterocycles. The number of rotatable bonds is 6. The monoisotopic (exact) mass is 395 g/mol. The Labute approximate surface area is 170 Å². The zero-order chi connectivity index (χ0) is 19.5. The highest BCUT2D eigenvalue weighted by Crippen LogP contribution is 2.34. The minimum Gasteiger partial charge on any atom is -0.361 e. The van der Waals surface area contributed by atoms with E-state index >= 15 is 0 Å². The van der Waals surface area contributed by atoms with Crippen LogP contribution >= 0.6 is 11.6 Å². The van der Waals surface area contributed by atoms with E-state index in [0.717, 1.165) is 42.0 Å². The van der Waals surface area contributed by atoms with E-state index in [-0.39, 0.29) is 17.9 Å². The molecule has 0 saturated carbocycles. The Hall–Kier alpha value is -2.30. The Kier molecular flexibility index (Phi) is 5.69. The number of aromatic nitrogens is 1. The summed E-state index contributed by atoms with van der Waals surface area (Å²) < 4.78 is 0. The van der Waals surface area contributed by atoms with E-state index in [9.17, 15) is 4.79 Å². The summed E-state index contributed by atoms with van der Waals surface area (Å²) in [5, 5.41) is 5.41. The van der Waals surface area contributed by atoms with E-state index in [1.165, 1.54) is 10.9 Å². The minimum absolute atomic E-state index is 0.0543. The second kappa shape index (κ2) is 8.38. The molecule has 146 valence electrons. The van der Waals surface area contributed by atoms with Crippen LogP contribution in [-0.2, 0) is 4.79 Å². The van der Waals surface area contributed by atoms with Crippen molar-refractivity contribution in [2.45, 2.75) is 31.7 Å². The fourth-order valence-electron chi connectivity index (χ4n) is 4.12. The van der Waals surface area contributed by atoms with E-state index in [1.807, 2.05) is 36.1 Å². The van der Waals surface area contributed by atoms with Crippen LogP contribution in [-0.4, -0.2) is 41.5 Å². The zero-order valence-corrected chi connectivity index (χ0v) is 16.9. The van der Waals surface area contributed by atoms with Crippen molar-refractivity contribution >= 4 is 28.4 Å². The summed E-state index contributed by atoms with van der Waals surface area (Å²) in [5.74, 6) is 0.244. The van der Waals surface area contributed by atoms with Gasteiger partial charge in [0.15, 0.2) is 0 Å². The molecule has 1 aromatic heterocycles. The van der Waals surface area contributed by atoms with Crippen LogP contribution < -0.4 is 5.32 Å². The van der Waals surface area contributed by atoms with Crippen molar-refractivity contribution in [3.05, 3.63) is 70.9 Å². The number of aromatic amines is 1. The van der Waals surface area contributed by atoms with Crippen LogP contribution in [0.15, 0.2) is 54.7 Å². The van der Waals surface area contributed by atoms with Gasteiger partial charge in [-0.1, -0.05) is 48.0 Å². The second-order valence-corrected chi connectivity index (χ2v) is 7.93. The largest absolute Gasteiger partial charge is 0.361 e. The summed E-state index contributed by atoms with van der Waals surface area (Å²) in [6.45, 7) is 4.36. The molecule has 0 radical (unpaired) electrons. The van der Waals surface area contributed by atoms with Crippen molar-refractivity contribution in [2.75, 3.05) is 19.6 Å². The lowest BCUT2D eigenvalue weighted by Crippen LogP contribution is -2.44. The number of H-pyrrole nitrogens is 1. The number of carbonyl (C=O) groups excluding carboxylic acids is 1. The highest BCUT2D eigenvalue weighted by molar-refractivity contribution is 6.31. The number of halogens is 1. The average molecular weight is 396 g/mol. The molecule has 1 aliphatic heterocycles. The molecule has 0 bridgehead atoms. The highest BCUT2D eigenvalue weighted by atomic mass is 35.5. The van der Waals surface area contributed by atoms with Gasteiger partial charge in [0.2, 0.25) is 5.91 Å². The molecule has 4 nitrogen and oxygen atoms in total. The fourth-order valence-corrected chi connectivity index (χ4v) is 4.39. The number of nitrogens with zero attached hydrogens (tertiary/aromatic N) is 1. The maximum absolute atomic E-state index is 12.7. The van der Waals surface area contributed by atoms with Gasteiger partial charge < -0.3 is 15.2 Å². The zero-order valence-electron chi connectivity index (χ0n) is 16.1. The molecule has 2 unspecified atom stereocenters. The van der Waals surface area contributed by atoms with Gasteiger partial charge in [-0.05, 0) is 43.0 Å². The van der Waals surface area contributed by atoms with Gasteiger partial charge in [-0.15, -0.1) is 0 Å². The minimum atomic E-state index is -0.215. The number of likely N-dealkylation sites (tertiary alicyclic amines) is 1. The number of para-hydroxylation sites is 1. The number of amides is 1. The first-order valence-electron chi connectivity index (χ1n) is 9.98. The fraction of sp³-hybridized carbons (Fsp3) is 0.348. The molecule has 2 atom stereocenters. The molecular formula is C23H26ClN3O. The first-order chi connectivity index (χ1) is 13.6. The van der Waals surface area contributed by atoms with Gasteiger partial charge in [0.1, 0.15) is 0 Å². The number of fused-ring (bicyclic) bond motifs is 1. The molecule has 1 fully saturated rings. The van der Waals surface area contributed by atoms with Crippen LogP contribution in [0.4, 0.5) is 0 Å². The normalized spacial score (nSPS) is 16.4. The van der Waals surface area contributed by atoms with E-state index < -0.39 is 0 Å². The third-order valence-corrected chi connectivity index (χ3v) is 6.04. The van der Waals surface area contributed by atoms with Crippen molar-refractivity contribution in [1.29, 1.82) is 0 Å². The van der Waals surface area contributed by atoms with Gasteiger partial charge in [0.25, 0.3) is 0 Å².